The van der Waals surface area contributed by atoms with Gasteiger partial charge < -0.3 is 20.9 Å². The lowest BCUT2D eigenvalue weighted by molar-refractivity contribution is 0.0148. The highest BCUT2D eigenvalue weighted by atomic mass is 16.3. The van der Waals surface area contributed by atoms with Gasteiger partial charge in [-0.05, 0) is 18.0 Å². The van der Waals surface area contributed by atoms with E-state index in [1.807, 2.05) is 0 Å². The Morgan fingerprint density at radius 3 is 2.88 bits per heavy atom. The maximum absolute atomic E-state index is 11.0. The van der Waals surface area contributed by atoms with Crippen LogP contribution in [0, 0.1) is 0 Å². The first-order valence-corrected chi connectivity index (χ1v) is 4.91. The van der Waals surface area contributed by atoms with Crippen molar-refractivity contribution in [3.63, 3.8) is 0 Å². The van der Waals surface area contributed by atoms with Gasteiger partial charge in [-0.1, -0.05) is 5.11 Å². The van der Waals surface area contributed by atoms with Gasteiger partial charge >= 0.3 is 0 Å². The number of aliphatic hydroxyl groups excluding tert-OH is 2. The lowest BCUT2D eigenvalue weighted by Gasteiger charge is -2.17. The SMILES string of the molecule is [N-]=[N+]=NCCC(O)C(O)c1c[nH]c(=O)c(N)c1. The lowest BCUT2D eigenvalue weighted by atomic mass is 10.0. The first-order chi connectivity index (χ1) is 8.06. The van der Waals surface area contributed by atoms with Gasteiger partial charge in [-0.15, -0.1) is 0 Å². The Balaban J connectivity index is 2.73. The fourth-order valence-electron chi connectivity index (χ4n) is 1.30. The Hall–Kier alpha value is -2.02. The smallest absolute Gasteiger partial charge is 0.271 e. The molecule has 0 saturated heterocycles. The van der Waals surface area contributed by atoms with Crippen molar-refractivity contribution in [3.05, 3.63) is 38.6 Å². The highest BCUT2D eigenvalue weighted by Crippen LogP contribution is 2.18. The van der Waals surface area contributed by atoms with E-state index in [1.54, 1.807) is 0 Å². The Kier molecular flexibility index (Phi) is 4.53. The van der Waals surface area contributed by atoms with E-state index < -0.39 is 17.8 Å². The normalized spacial score (nSPS) is 13.8. The van der Waals surface area contributed by atoms with Crippen LogP contribution in [-0.4, -0.2) is 27.8 Å². The van der Waals surface area contributed by atoms with Gasteiger partial charge in [0.1, 0.15) is 6.10 Å². The van der Waals surface area contributed by atoms with Crippen LogP contribution >= 0.6 is 0 Å². The number of anilines is 1. The van der Waals surface area contributed by atoms with E-state index in [9.17, 15) is 15.0 Å². The van der Waals surface area contributed by atoms with Crippen LogP contribution in [0.1, 0.15) is 18.1 Å². The van der Waals surface area contributed by atoms with Crippen LogP contribution in [0.5, 0.6) is 0 Å². The number of nitrogens with two attached hydrogens (primary N) is 1. The van der Waals surface area contributed by atoms with E-state index in [0.29, 0.717) is 5.56 Å². The molecule has 5 N–H and O–H groups in total. The number of nitrogens with one attached hydrogen (secondary N) is 1. The Morgan fingerprint density at radius 2 is 2.29 bits per heavy atom. The third-order valence-electron chi connectivity index (χ3n) is 2.25. The van der Waals surface area contributed by atoms with Crippen LogP contribution in [0.15, 0.2) is 22.2 Å². The summed E-state index contributed by atoms with van der Waals surface area (Å²) in [7, 11) is 0. The molecule has 2 unspecified atom stereocenters. The first-order valence-electron chi connectivity index (χ1n) is 4.91. The molecule has 0 spiro atoms. The van der Waals surface area contributed by atoms with Crippen LogP contribution in [0.25, 0.3) is 10.4 Å². The predicted molar refractivity (Wildman–Crippen MR) is 61.1 cm³/mol. The zero-order chi connectivity index (χ0) is 12.8. The zero-order valence-electron chi connectivity index (χ0n) is 8.95. The van der Waals surface area contributed by atoms with Gasteiger partial charge in [-0.3, -0.25) is 4.79 Å². The highest BCUT2D eigenvalue weighted by Gasteiger charge is 2.18. The summed E-state index contributed by atoms with van der Waals surface area (Å²) in [6.45, 7) is 0.0769. The standard InChI is InChI=1S/C9H13N5O3/c10-6-3-5(4-12-9(6)17)8(16)7(15)1-2-13-14-11/h3-4,7-8,15-16H,1-2,10H2,(H,12,17). The average molecular weight is 239 g/mol. The van der Waals surface area contributed by atoms with Crippen LogP contribution in [0.4, 0.5) is 5.69 Å². The summed E-state index contributed by atoms with van der Waals surface area (Å²) in [6.07, 6.45) is -0.890. The second-order valence-corrected chi connectivity index (χ2v) is 3.47. The van der Waals surface area contributed by atoms with Gasteiger partial charge in [-0.2, -0.15) is 0 Å². The molecule has 2 atom stereocenters. The molecule has 0 fully saturated rings. The fourth-order valence-corrected chi connectivity index (χ4v) is 1.30. The summed E-state index contributed by atoms with van der Waals surface area (Å²) >= 11 is 0. The number of nitrogen functional groups attached to an aromatic ring is 1. The summed E-state index contributed by atoms with van der Waals surface area (Å²) in [5.74, 6) is 0. The molecule has 0 bridgehead atoms. The molecule has 0 radical (unpaired) electrons. The maximum atomic E-state index is 11.0. The molecule has 8 heteroatoms. The molecule has 8 nitrogen and oxygen atoms in total. The van der Waals surface area contributed by atoms with Gasteiger partial charge in [0.25, 0.3) is 5.56 Å². The summed E-state index contributed by atoms with van der Waals surface area (Å²) < 4.78 is 0. The van der Waals surface area contributed by atoms with Crippen molar-refractivity contribution in [3.8, 4) is 0 Å². The van der Waals surface area contributed by atoms with Gasteiger partial charge in [0, 0.05) is 23.2 Å². The van der Waals surface area contributed by atoms with Crippen molar-refractivity contribution in [2.24, 2.45) is 5.11 Å². The Bertz CT molecular complexity index is 480. The molecule has 17 heavy (non-hydrogen) atoms. The molecular formula is C9H13N5O3. The second kappa shape index (κ2) is 5.90. The number of azide groups is 1. The molecule has 1 heterocycles. The summed E-state index contributed by atoms with van der Waals surface area (Å²) in [4.78, 5) is 15.9. The Morgan fingerprint density at radius 1 is 1.59 bits per heavy atom. The van der Waals surface area contributed by atoms with E-state index in [4.69, 9.17) is 11.3 Å². The lowest BCUT2D eigenvalue weighted by Crippen LogP contribution is -2.21. The van der Waals surface area contributed by atoms with Crippen LogP contribution in [0.2, 0.25) is 0 Å². The molecular weight excluding hydrogens is 226 g/mol. The van der Waals surface area contributed by atoms with Crippen molar-refractivity contribution >= 4 is 5.69 Å². The van der Waals surface area contributed by atoms with Gasteiger partial charge in [0.15, 0.2) is 0 Å². The number of rotatable bonds is 5. The molecule has 1 rings (SSSR count). The highest BCUT2D eigenvalue weighted by molar-refractivity contribution is 5.38. The minimum absolute atomic E-state index is 0.0382. The third kappa shape index (κ3) is 3.49. The van der Waals surface area contributed by atoms with Crippen molar-refractivity contribution < 1.29 is 10.2 Å². The number of aromatic nitrogens is 1. The monoisotopic (exact) mass is 239 g/mol. The van der Waals surface area contributed by atoms with Crippen molar-refractivity contribution in [1.29, 1.82) is 0 Å². The molecule has 0 aliphatic heterocycles. The number of aliphatic hydroxyl groups is 2. The number of nitrogens with zero attached hydrogens (tertiary/aromatic N) is 3. The summed E-state index contributed by atoms with van der Waals surface area (Å²) in [6, 6.07) is 1.29. The molecule has 0 saturated carbocycles. The Labute approximate surface area is 96.3 Å². The fraction of sp³-hybridized carbons (Fsp3) is 0.444. The molecule has 1 aromatic heterocycles. The second-order valence-electron chi connectivity index (χ2n) is 3.47. The van der Waals surface area contributed by atoms with Crippen molar-refractivity contribution in [2.75, 3.05) is 12.3 Å². The summed E-state index contributed by atoms with van der Waals surface area (Å²) in [5.41, 5.74) is 13.2. The number of aromatic amines is 1. The number of pyridine rings is 1. The van der Waals surface area contributed by atoms with E-state index in [1.165, 1.54) is 12.3 Å². The molecule has 1 aromatic rings. The minimum Gasteiger partial charge on any atom is -0.394 e. The first kappa shape index (κ1) is 13.0. The van der Waals surface area contributed by atoms with Crippen molar-refractivity contribution in [1.82, 2.24) is 4.98 Å². The zero-order valence-corrected chi connectivity index (χ0v) is 8.95. The number of H-pyrrole nitrogens is 1. The molecule has 0 amide bonds. The molecule has 0 aliphatic rings. The van der Waals surface area contributed by atoms with E-state index >= 15 is 0 Å². The number of hydrogen-bond acceptors (Lipinski definition) is 5. The largest absolute Gasteiger partial charge is 0.394 e. The van der Waals surface area contributed by atoms with Gasteiger partial charge in [-0.25, -0.2) is 0 Å². The van der Waals surface area contributed by atoms with Crippen LogP contribution in [0.3, 0.4) is 0 Å². The topological polar surface area (TPSA) is 148 Å². The van der Waals surface area contributed by atoms with Gasteiger partial charge in [0.2, 0.25) is 0 Å². The van der Waals surface area contributed by atoms with Crippen LogP contribution < -0.4 is 11.3 Å². The predicted octanol–water partition coefficient (Wildman–Crippen LogP) is 0.0518. The number of hydrogen-bond donors (Lipinski definition) is 4. The van der Waals surface area contributed by atoms with Crippen LogP contribution in [-0.2, 0) is 0 Å². The molecule has 0 aromatic carbocycles. The average Bonchev–Trinajstić information content (AvgIpc) is 2.32. The van der Waals surface area contributed by atoms with Gasteiger partial charge in [0.05, 0.1) is 11.8 Å². The maximum Gasteiger partial charge on any atom is 0.271 e. The molecule has 0 aliphatic carbocycles. The quantitative estimate of drug-likeness (QED) is 0.326. The minimum atomic E-state index is -1.19. The van der Waals surface area contributed by atoms with E-state index in [-0.39, 0.29) is 18.7 Å². The van der Waals surface area contributed by atoms with Crippen molar-refractivity contribution in [2.45, 2.75) is 18.6 Å². The molecule has 92 valence electrons. The summed E-state index contributed by atoms with van der Waals surface area (Å²) in [5, 5.41) is 22.6. The van der Waals surface area contributed by atoms with E-state index in [0.717, 1.165) is 0 Å². The third-order valence-corrected chi connectivity index (χ3v) is 2.25. The van der Waals surface area contributed by atoms with E-state index in [2.05, 4.69) is 15.0 Å².